The number of methoxy groups -OCH3 is 1. The van der Waals surface area contributed by atoms with Crippen molar-refractivity contribution in [2.24, 2.45) is 0 Å². The molecule has 0 unspecified atom stereocenters. The number of hydrogen-bond acceptors (Lipinski definition) is 4. The average molecular weight is 231 g/mol. The van der Waals surface area contributed by atoms with Crippen molar-refractivity contribution in [3.05, 3.63) is 52.4 Å². The van der Waals surface area contributed by atoms with Crippen molar-refractivity contribution in [1.29, 1.82) is 0 Å². The molecule has 0 amide bonds. The molecule has 0 aliphatic carbocycles. The minimum atomic E-state index is -0.387. The minimum absolute atomic E-state index is 0.387. The van der Waals surface area contributed by atoms with Crippen LogP contribution in [0.1, 0.15) is 5.56 Å². The zero-order valence-corrected chi connectivity index (χ0v) is 9.69. The van der Waals surface area contributed by atoms with Crippen molar-refractivity contribution in [2.75, 3.05) is 12.4 Å². The van der Waals surface area contributed by atoms with E-state index < -0.39 is 0 Å². The van der Waals surface area contributed by atoms with Crippen LogP contribution < -0.4 is 15.7 Å². The van der Waals surface area contributed by atoms with Crippen LogP contribution >= 0.6 is 0 Å². The maximum absolute atomic E-state index is 11.1. The molecule has 0 bridgehead atoms. The van der Waals surface area contributed by atoms with Gasteiger partial charge in [0, 0.05) is 6.07 Å². The summed E-state index contributed by atoms with van der Waals surface area (Å²) in [6.45, 7) is 1.95. The monoisotopic (exact) mass is 231 g/mol. The third kappa shape index (κ3) is 2.47. The smallest absolute Gasteiger partial charge is 0.337 e. The van der Waals surface area contributed by atoms with Gasteiger partial charge in [0.25, 0.3) is 0 Å². The Morgan fingerprint density at radius 2 is 1.94 bits per heavy atom. The van der Waals surface area contributed by atoms with Gasteiger partial charge in [-0.05, 0) is 30.7 Å². The van der Waals surface area contributed by atoms with Gasteiger partial charge < -0.3 is 14.5 Å². The molecule has 1 heterocycles. The van der Waals surface area contributed by atoms with Crippen molar-refractivity contribution in [2.45, 2.75) is 6.92 Å². The van der Waals surface area contributed by atoms with E-state index in [1.807, 2.05) is 25.1 Å². The number of anilines is 2. The molecule has 17 heavy (non-hydrogen) atoms. The second-order valence-corrected chi connectivity index (χ2v) is 3.59. The highest BCUT2D eigenvalue weighted by atomic mass is 16.5. The molecule has 0 spiro atoms. The maximum atomic E-state index is 11.1. The van der Waals surface area contributed by atoms with Gasteiger partial charge in [-0.25, -0.2) is 4.79 Å². The Bertz CT molecular complexity index is 575. The van der Waals surface area contributed by atoms with E-state index in [9.17, 15) is 4.79 Å². The van der Waals surface area contributed by atoms with Gasteiger partial charge in [-0.2, -0.15) is 0 Å². The fourth-order valence-corrected chi connectivity index (χ4v) is 1.61. The predicted molar refractivity (Wildman–Crippen MR) is 66.0 cm³/mol. The third-order valence-corrected chi connectivity index (χ3v) is 2.36. The van der Waals surface area contributed by atoms with Crippen LogP contribution in [0.4, 0.5) is 11.6 Å². The lowest BCUT2D eigenvalue weighted by Gasteiger charge is -2.11. The van der Waals surface area contributed by atoms with Crippen molar-refractivity contribution >= 4 is 11.6 Å². The molecule has 1 aromatic carbocycles. The van der Waals surface area contributed by atoms with Crippen LogP contribution in [0.25, 0.3) is 0 Å². The van der Waals surface area contributed by atoms with Gasteiger partial charge >= 0.3 is 5.63 Å². The number of rotatable bonds is 3. The number of nitrogens with one attached hydrogen (secondary N) is 1. The lowest BCUT2D eigenvalue weighted by atomic mass is 10.2. The fourth-order valence-electron chi connectivity index (χ4n) is 1.61. The molecule has 0 aliphatic rings. The van der Waals surface area contributed by atoms with Gasteiger partial charge in [0.1, 0.15) is 5.75 Å². The molecule has 0 fully saturated rings. The molecule has 88 valence electrons. The molecule has 1 aromatic heterocycles. The molecular weight excluding hydrogens is 218 g/mol. The van der Waals surface area contributed by atoms with Gasteiger partial charge in [-0.3, -0.25) is 0 Å². The molecule has 0 atom stereocenters. The normalized spacial score (nSPS) is 10.0. The summed E-state index contributed by atoms with van der Waals surface area (Å²) in [6, 6.07) is 10.4. The maximum Gasteiger partial charge on any atom is 0.337 e. The first-order valence-electron chi connectivity index (χ1n) is 5.21. The molecule has 0 saturated heterocycles. The van der Waals surface area contributed by atoms with Gasteiger partial charge in [0.15, 0.2) is 0 Å². The Labute approximate surface area is 98.8 Å². The van der Waals surface area contributed by atoms with Crippen LogP contribution in [-0.2, 0) is 0 Å². The minimum Gasteiger partial charge on any atom is -0.494 e. The van der Waals surface area contributed by atoms with E-state index in [0.29, 0.717) is 5.88 Å². The zero-order valence-electron chi connectivity index (χ0n) is 9.69. The molecule has 2 aromatic rings. The van der Waals surface area contributed by atoms with Crippen molar-refractivity contribution in [3.63, 3.8) is 0 Å². The SMILES string of the molecule is COc1c(C)cccc1Nc1cccc(=O)o1. The first-order valence-corrected chi connectivity index (χ1v) is 5.21. The molecular formula is C13H13NO3. The summed E-state index contributed by atoms with van der Waals surface area (Å²) in [5.74, 6) is 1.13. The first kappa shape index (κ1) is 11.3. The fraction of sp³-hybridized carbons (Fsp3) is 0.154. The zero-order chi connectivity index (χ0) is 12.3. The molecule has 4 heteroatoms. The van der Waals surface area contributed by atoms with E-state index in [0.717, 1.165) is 17.0 Å². The Balaban J connectivity index is 2.36. The Hall–Kier alpha value is -2.23. The van der Waals surface area contributed by atoms with E-state index in [-0.39, 0.29) is 5.63 Å². The Morgan fingerprint density at radius 1 is 1.18 bits per heavy atom. The van der Waals surface area contributed by atoms with Gasteiger partial charge in [0.2, 0.25) is 5.88 Å². The topological polar surface area (TPSA) is 51.5 Å². The summed E-state index contributed by atoms with van der Waals surface area (Å²) in [5.41, 5.74) is 1.39. The lowest BCUT2D eigenvalue weighted by Crippen LogP contribution is -2.00. The summed E-state index contributed by atoms with van der Waals surface area (Å²) in [4.78, 5) is 11.1. The summed E-state index contributed by atoms with van der Waals surface area (Å²) in [7, 11) is 1.61. The molecule has 2 rings (SSSR count). The van der Waals surface area contributed by atoms with Crippen molar-refractivity contribution in [1.82, 2.24) is 0 Å². The first-order chi connectivity index (χ1) is 8.20. The number of benzene rings is 1. The van der Waals surface area contributed by atoms with Gasteiger partial charge in [-0.1, -0.05) is 12.1 Å². The number of aryl methyl sites for hydroxylation is 1. The van der Waals surface area contributed by atoms with Crippen LogP contribution in [0.15, 0.2) is 45.6 Å². The average Bonchev–Trinajstić information content (AvgIpc) is 2.29. The molecule has 4 nitrogen and oxygen atoms in total. The van der Waals surface area contributed by atoms with Crippen molar-refractivity contribution in [3.8, 4) is 5.75 Å². The second-order valence-electron chi connectivity index (χ2n) is 3.59. The van der Waals surface area contributed by atoms with Crippen LogP contribution in [-0.4, -0.2) is 7.11 Å². The third-order valence-electron chi connectivity index (χ3n) is 2.36. The van der Waals surface area contributed by atoms with E-state index in [1.54, 1.807) is 19.2 Å². The molecule has 0 aliphatic heterocycles. The van der Waals surface area contributed by atoms with Gasteiger partial charge in [-0.15, -0.1) is 0 Å². The van der Waals surface area contributed by atoms with Gasteiger partial charge in [0.05, 0.1) is 12.8 Å². The number of para-hydroxylation sites is 1. The largest absolute Gasteiger partial charge is 0.494 e. The predicted octanol–water partition coefficient (Wildman–Crippen LogP) is 2.70. The van der Waals surface area contributed by atoms with Crippen molar-refractivity contribution < 1.29 is 9.15 Å². The van der Waals surface area contributed by atoms with Crippen LogP contribution in [0, 0.1) is 6.92 Å². The summed E-state index contributed by atoms with van der Waals surface area (Å²) >= 11 is 0. The Kier molecular flexibility index (Phi) is 3.14. The lowest BCUT2D eigenvalue weighted by molar-refractivity contribution is 0.413. The quantitative estimate of drug-likeness (QED) is 0.882. The molecule has 0 radical (unpaired) electrons. The van der Waals surface area contributed by atoms with Crippen LogP contribution in [0.2, 0.25) is 0 Å². The van der Waals surface area contributed by atoms with E-state index in [4.69, 9.17) is 9.15 Å². The summed E-state index contributed by atoms with van der Waals surface area (Å²) < 4.78 is 10.3. The second kappa shape index (κ2) is 4.74. The Morgan fingerprint density at radius 3 is 2.65 bits per heavy atom. The van der Waals surface area contributed by atoms with E-state index in [2.05, 4.69) is 5.32 Å². The van der Waals surface area contributed by atoms with Crippen LogP contribution in [0.3, 0.4) is 0 Å². The molecule has 0 saturated carbocycles. The van der Waals surface area contributed by atoms with Crippen LogP contribution in [0.5, 0.6) is 5.75 Å². The standard InChI is InChI=1S/C13H13NO3/c1-9-5-3-6-10(13(9)16-2)14-11-7-4-8-12(15)17-11/h3-8,14H,1-2H3. The molecule has 1 N–H and O–H groups in total. The highest BCUT2D eigenvalue weighted by molar-refractivity contribution is 5.65. The van der Waals surface area contributed by atoms with E-state index >= 15 is 0 Å². The number of ether oxygens (including phenoxy) is 1. The summed E-state index contributed by atoms with van der Waals surface area (Å²) in [6.07, 6.45) is 0. The highest BCUT2D eigenvalue weighted by Crippen LogP contribution is 2.30. The number of hydrogen-bond donors (Lipinski definition) is 1. The van der Waals surface area contributed by atoms with E-state index in [1.165, 1.54) is 6.07 Å². The highest BCUT2D eigenvalue weighted by Gasteiger charge is 2.06. The summed E-state index contributed by atoms with van der Waals surface area (Å²) in [5, 5.41) is 3.01.